The molecule has 7 heteroatoms. The van der Waals surface area contributed by atoms with Crippen molar-refractivity contribution >= 4 is 23.7 Å². The van der Waals surface area contributed by atoms with Crippen molar-refractivity contribution in [1.29, 1.82) is 0 Å². The Balaban J connectivity index is 2.07. The maximum absolute atomic E-state index is 11.8. The minimum Gasteiger partial charge on any atom is -0.450 e. The minimum absolute atomic E-state index is 0.291. The highest BCUT2D eigenvalue weighted by Crippen LogP contribution is 2.22. The fraction of sp³-hybridized carbons (Fsp3) is 0.308. The van der Waals surface area contributed by atoms with Crippen molar-refractivity contribution in [3.8, 4) is 0 Å². The summed E-state index contributed by atoms with van der Waals surface area (Å²) in [5.74, 6) is -0.305. The first-order chi connectivity index (χ1) is 9.52. The standard InChI is InChI=1S/C13H15N3O4/c1-3-20-13(19)14-9-6-4-8(5-7-9)10-11(17)16(2)12(18)15-10/h4-7,10H,3H2,1-2H3,(H,14,19)(H,15,18). The van der Waals surface area contributed by atoms with Gasteiger partial charge in [-0.3, -0.25) is 15.0 Å². The molecule has 4 amide bonds. The number of imide groups is 1. The van der Waals surface area contributed by atoms with Crippen molar-refractivity contribution < 1.29 is 19.1 Å². The van der Waals surface area contributed by atoms with Gasteiger partial charge in [0.1, 0.15) is 6.04 Å². The lowest BCUT2D eigenvalue weighted by Crippen LogP contribution is -2.25. The van der Waals surface area contributed by atoms with E-state index in [-0.39, 0.29) is 5.91 Å². The van der Waals surface area contributed by atoms with Crippen LogP contribution in [0.4, 0.5) is 15.3 Å². The highest BCUT2D eigenvalue weighted by Gasteiger charge is 2.36. The zero-order valence-corrected chi connectivity index (χ0v) is 11.2. The van der Waals surface area contributed by atoms with Crippen LogP contribution in [0.25, 0.3) is 0 Å². The van der Waals surface area contributed by atoms with Gasteiger partial charge in [0.15, 0.2) is 0 Å². The first-order valence-corrected chi connectivity index (χ1v) is 6.14. The summed E-state index contributed by atoms with van der Waals surface area (Å²) < 4.78 is 4.75. The molecule has 20 heavy (non-hydrogen) atoms. The number of ether oxygens (including phenoxy) is 1. The number of likely N-dealkylation sites (N-methyl/N-ethyl adjacent to an activating group) is 1. The molecule has 0 aliphatic carbocycles. The Morgan fingerprint density at radius 3 is 2.50 bits per heavy atom. The number of urea groups is 1. The maximum Gasteiger partial charge on any atom is 0.411 e. The van der Waals surface area contributed by atoms with Gasteiger partial charge in [-0.2, -0.15) is 0 Å². The van der Waals surface area contributed by atoms with Gasteiger partial charge in [0.05, 0.1) is 6.61 Å². The van der Waals surface area contributed by atoms with Crippen molar-refractivity contribution in [3.63, 3.8) is 0 Å². The van der Waals surface area contributed by atoms with Gasteiger partial charge >= 0.3 is 12.1 Å². The topological polar surface area (TPSA) is 87.7 Å². The van der Waals surface area contributed by atoms with Crippen LogP contribution in [0.5, 0.6) is 0 Å². The quantitative estimate of drug-likeness (QED) is 0.819. The molecule has 1 saturated heterocycles. The molecule has 1 aromatic rings. The second-order valence-electron chi connectivity index (χ2n) is 4.25. The zero-order valence-electron chi connectivity index (χ0n) is 11.2. The fourth-order valence-corrected chi connectivity index (χ4v) is 1.85. The number of nitrogens with one attached hydrogen (secondary N) is 2. The van der Waals surface area contributed by atoms with E-state index in [1.165, 1.54) is 7.05 Å². The van der Waals surface area contributed by atoms with Gasteiger partial charge in [0.25, 0.3) is 5.91 Å². The van der Waals surface area contributed by atoms with Crippen LogP contribution in [-0.4, -0.2) is 36.6 Å². The van der Waals surface area contributed by atoms with Crippen molar-refractivity contribution in [2.45, 2.75) is 13.0 Å². The number of hydrogen-bond donors (Lipinski definition) is 2. The van der Waals surface area contributed by atoms with E-state index in [1.54, 1.807) is 31.2 Å². The molecule has 0 saturated carbocycles. The van der Waals surface area contributed by atoms with Crippen LogP contribution in [-0.2, 0) is 9.53 Å². The monoisotopic (exact) mass is 277 g/mol. The molecule has 0 radical (unpaired) electrons. The number of benzene rings is 1. The summed E-state index contributed by atoms with van der Waals surface area (Å²) >= 11 is 0. The molecule has 2 N–H and O–H groups in total. The van der Waals surface area contributed by atoms with Gasteiger partial charge in [-0.25, -0.2) is 9.59 Å². The number of carbonyl (C=O) groups excluding carboxylic acids is 3. The normalized spacial score (nSPS) is 17.9. The van der Waals surface area contributed by atoms with Gasteiger partial charge < -0.3 is 10.1 Å². The lowest BCUT2D eigenvalue weighted by molar-refractivity contribution is -0.126. The molecule has 106 valence electrons. The Morgan fingerprint density at radius 1 is 1.35 bits per heavy atom. The third kappa shape index (κ3) is 2.71. The third-order valence-corrected chi connectivity index (χ3v) is 2.92. The summed E-state index contributed by atoms with van der Waals surface area (Å²) in [5, 5.41) is 5.12. The molecule has 7 nitrogen and oxygen atoms in total. The number of rotatable bonds is 3. The minimum atomic E-state index is -0.677. The number of hydrogen-bond acceptors (Lipinski definition) is 4. The molecule has 1 fully saturated rings. The highest BCUT2D eigenvalue weighted by atomic mass is 16.5. The van der Waals surface area contributed by atoms with Crippen LogP contribution in [0.1, 0.15) is 18.5 Å². The summed E-state index contributed by atoms with van der Waals surface area (Å²) in [4.78, 5) is 35.5. The van der Waals surface area contributed by atoms with Crippen LogP contribution >= 0.6 is 0 Å². The predicted octanol–water partition coefficient (Wildman–Crippen LogP) is 1.48. The Labute approximate surface area is 115 Å². The first kappa shape index (κ1) is 13.9. The second kappa shape index (κ2) is 5.60. The maximum atomic E-state index is 11.8. The average Bonchev–Trinajstić information content (AvgIpc) is 2.68. The Bertz CT molecular complexity index is 541. The molecule has 0 aromatic heterocycles. The molecule has 1 aromatic carbocycles. The van der Waals surface area contributed by atoms with Crippen LogP contribution in [0.3, 0.4) is 0 Å². The van der Waals surface area contributed by atoms with Gasteiger partial charge in [-0.1, -0.05) is 12.1 Å². The average molecular weight is 277 g/mol. The lowest BCUT2D eigenvalue weighted by Gasteiger charge is -2.10. The molecular weight excluding hydrogens is 262 g/mol. The van der Waals surface area contributed by atoms with E-state index in [0.717, 1.165) is 4.90 Å². The van der Waals surface area contributed by atoms with E-state index >= 15 is 0 Å². The fourth-order valence-electron chi connectivity index (χ4n) is 1.85. The highest BCUT2D eigenvalue weighted by molar-refractivity contribution is 6.04. The molecule has 1 aliphatic rings. The van der Waals surface area contributed by atoms with E-state index in [2.05, 4.69) is 10.6 Å². The smallest absolute Gasteiger partial charge is 0.411 e. The van der Waals surface area contributed by atoms with Crippen molar-refractivity contribution in [2.24, 2.45) is 0 Å². The molecule has 0 bridgehead atoms. The first-order valence-electron chi connectivity index (χ1n) is 6.14. The number of anilines is 1. The summed E-state index contributed by atoms with van der Waals surface area (Å²) in [6.07, 6.45) is -0.537. The molecule has 0 spiro atoms. The van der Waals surface area contributed by atoms with Crippen molar-refractivity contribution in [2.75, 3.05) is 19.0 Å². The van der Waals surface area contributed by atoms with Crippen LogP contribution in [0, 0.1) is 0 Å². The summed E-state index contributed by atoms with van der Waals surface area (Å²) in [6, 6.07) is 5.53. The summed E-state index contributed by atoms with van der Waals surface area (Å²) in [5.41, 5.74) is 1.21. The Morgan fingerprint density at radius 2 is 2.00 bits per heavy atom. The Kier molecular flexibility index (Phi) is 3.88. The van der Waals surface area contributed by atoms with Gasteiger partial charge in [-0.05, 0) is 24.6 Å². The molecule has 1 aliphatic heterocycles. The van der Waals surface area contributed by atoms with E-state index in [1.807, 2.05) is 0 Å². The van der Waals surface area contributed by atoms with Crippen molar-refractivity contribution in [1.82, 2.24) is 10.2 Å². The third-order valence-electron chi connectivity index (χ3n) is 2.92. The lowest BCUT2D eigenvalue weighted by atomic mass is 10.1. The number of carbonyl (C=O) groups is 3. The van der Waals surface area contributed by atoms with Crippen LogP contribution in [0.15, 0.2) is 24.3 Å². The number of amides is 4. The van der Waals surface area contributed by atoms with E-state index < -0.39 is 18.2 Å². The van der Waals surface area contributed by atoms with Crippen LogP contribution < -0.4 is 10.6 Å². The molecule has 1 heterocycles. The summed E-state index contributed by atoms with van der Waals surface area (Å²) in [7, 11) is 1.42. The molecule has 1 atom stereocenters. The largest absolute Gasteiger partial charge is 0.450 e. The van der Waals surface area contributed by atoms with Gasteiger partial charge in [-0.15, -0.1) is 0 Å². The van der Waals surface area contributed by atoms with E-state index in [9.17, 15) is 14.4 Å². The number of nitrogens with zero attached hydrogens (tertiary/aromatic N) is 1. The second-order valence-corrected chi connectivity index (χ2v) is 4.25. The molecule has 2 rings (SSSR count). The summed E-state index contributed by atoms with van der Waals surface area (Å²) in [6.45, 7) is 2.01. The van der Waals surface area contributed by atoms with Gasteiger partial charge in [0.2, 0.25) is 0 Å². The molecule has 1 unspecified atom stereocenters. The van der Waals surface area contributed by atoms with Crippen LogP contribution in [0.2, 0.25) is 0 Å². The molecular formula is C13H15N3O4. The zero-order chi connectivity index (χ0) is 14.7. The van der Waals surface area contributed by atoms with Crippen molar-refractivity contribution in [3.05, 3.63) is 29.8 Å². The predicted molar refractivity (Wildman–Crippen MR) is 71.1 cm³/mol. The van der Waals surface area contributed by atoms with Gasteiger partial charge in [0, 0.05) is 12.7 Å². The van der Waals surface area contributed by atoms with E-state index in [4.69, 9.17) is 4.74 Å². The SMILES string of the molecule is CCOC(=O)Nc1ccc(C2NC(=O)N(C)C2=O)cc1. The van der Waals surface area contributed by atoms with E-state index in [0.29, 0.717) is 17.9 Å². The Hall–Kier alpha value is -2.57.